The van der Waals surface area contributed by atoms with E-state index in [1.54, 1.807) is 24.3 Å². The van der Waals surface area contributed by atoms with E-state index in [0.717, 1.165) is 14.6 Å². The molecule has 3 rings (SSSR count). The van der Waals surface area contributed by atoms with E-state index in [4.69, 9.17) is 9.36 Å². The first-order valence-electron chi connectivity index (χ1n) is 7.08. The molecule has 120 valence electrons. The molecule has 0 aliphatic rings. The summed E-state index contributed by atoms with van der Waals surface area (Å²) in [7, 11) is 0. The van der Waals surface area contributed by atoms with Gasteiger partial charge in [-0.05, 0) is 25.5 Å². The van der Waals surface area contributed by atoms with Crippen LogP contribution in [0.2, 0.25) is 0 Å². The Balaban J connectivity index is 1.63. The predicted molar refractivity (Wildman–Crippen MR) is 90.5 cm³/mol. The number of hydrogen-bond donors (Lipinski definition) is 1. The number of fused-ring (bicyclic) bond motifs is 1. The number of thioether (sulfide) groups is 1. The maximum Gasteiger partial charge on any atom is 0.345 e. The lowest BCUT2D eigenvalue weighted by Gasteiger charge is -2.11. The highest BCUT2D eigenvalue weighted by Crippen LogP contribution is 2.33. The van der Waals surface area contributed by atoms with Crippen molar-refractivity contribution in [2.75, 3.05) is 5.48 Å². The van der Waals surface area contributed by atoms with E-state index in [1.165, 1.54) is 11.8 Å². The third-order valence-corrected chi connectivity index (χ3v) is 5.51. The Morgan fingerprint density at radius 2 is 2.30 bits per heavy atom. The van der Waals surface area contributed by atoms with Crippen LogP contribution in [0.4, 0.5) is 5.82 Å². The number of aryl methyl sites for hydroxylation is 1. The molecule has 0 aliphatic carbocycles. The van der Waals surface area contributed by atoms with Crippen molar-refractivity contribution in [1.29, 1.82) is 0 Å². The highest BCUT2D eigenvalue weighted by atomic mass is 32.2. The minimum Gasteiger partial charge on any atom is -0.359 e. The van der Waals surface area contributed by atoms with Gasteiger partial charge in [0.15, 0.2) is 4.34 Å². The van der Waals surface area contributed by atoms with Gasteiger partial charge in [0.25, 0.3) is 0 Å². The van der Waals surface area contributed by atoms with Gasteiger partial charge in [-0.1, -0.05) is 36.0 Å². The van der Waals surface area contributed by atoms with Crippen LogP contribution in [-0.2, 0) is 9.63 Å². The van der Waals surface area contributed by atoms with Gasteiger partial charge < -0.3 is 9.36 Å². The molecule has 0 fully saturated rings. The zero-order valence-corrected chi connectivity index (χ0v) is 14.2. The fourth-order valence-electron chi connectivity index (χ4n) is 1.90. The predicted octanol–water partition coefficient (Wildman–Crippen LogP) is 4.03. The third kappa shape index (κ3) is 3.83. The highest BCUT2D eigenvalue weighted by molar-refractivity contribution is 8.02. The summed E-state index contributed by atoms with van der Waals surface area (Å²) in [5.74, 6) is 0.646. The third-order valence-electron chi connectivity index (χ3n) is 3.04. The molecular formula is C15H15N3O3S2. The van der Waals surface area contributed by atoms with E-state index in [0.29, 0.717) is 18.0 Å². The zero-order valence-electron chi connectivity index (χ0n) is 12.6. The minimum atomic E-state index is -0.364. The van der Waals surface area contributed by atoms with Crippen molar-refractivity contribution in [2.45, 2.75) is 29.9 Å². The molecule has 2 heterocycles. The van der Waals surface area contributed by atoms with Gasteiger partial charge in [-0.15, -0.1) is 11.3 Å². The lowest BCUT2D eigenvalue weighted by Crippen LogP contribution is -2.22. The maximum absolute atomic E-state index is 12.2. The number of nitrogens with zero attached hydrogens (tertiary/aromatic N) is 2. The molecule has 6 nitrogen and oxygen atoms in total. The lowest BCUT2D eigenvalue weighted by molar-refractivity contribution is -0.140. The minimum absolute atomic E-state index is 0.337. The molecule has 2 aromatic heterocycles. The normalized spacial score (nSPS) is 12.3. The largest absolute Gasteiger partial charge is 0.359 e. The molecule has 0 saturated heterocycles. The Morgan fingerprint density at radius 1 is 1.48 bits per heavy atom. The number of benzene rings is 1. The highest BCUT2D eigenvalue weighted by Gasteiger charge is 2.22. The van der Waals surface area contributed by atoms with Crippen LogP contribution in [0.3, 0.4) is 0 Å². The molecule has 1 atom stereocenters. The number of hydrogen-bond acceptors (Lipinski definition) is 8. The number of anilines is 1. The zero-order chi connectivity index (χ0) is 16.2. The summed E-state index contributed by atoms with van der Waals surface area (Å²) in [5, 5.41) is 3.37. The van der Waals surface area contributed by atoms with Crippen LogP contribution >= 0.6 is 23.1 Å². The number of rotatable bonds is 6. The van der Waals surface area contributed by atoms with Gasteiger partial charge in [0.05, 0.1) is 10.2 Å². The summed E-state index contributed by atoms with van der Waals surface area (Å²) in [4.78, 5) is 21.8. The number of aromatic nitrogens is 2. The average Bonchev–Trinajstić information content (AvgIpc) is 3.15. The fourth-order valence-corrected chi connectivity index (χ4v) is 4.12. The van der Waals surface area contributed by atoms with E-state index in [-0.39, 0.29) is 11.2 Å². The Morgan fingerprint density at radius 3 is 3.00 bits per heavy atom. The molecule has 0 aliphatic heterocycles. The second kappa shape index (κ2) is 7.01. The Labute approximate surface area is 141 Å². The quantitative estimate of drug-likeness (QED) is 0.531. The van der Waals surface area contributed by atoms with Gasteiger partial charge in [0, 0.05) is 6.07 Å². The van der Waals surface area contributed by atoms with Crippen LogP contribution in [0.25, 0.3) is 10.2 Å². The topological polar surface area (TPSA) is 77.2 Å². The van der Waals surface area contributed by atoms with Gasteiger partial charge in [-0.3, -0.25) is 0 Å². The van der Waals surface area contributed by atoms with Gasteiger partial charge >= 0.3 is 5.97 Å². The first kappa shape index (κ1) is 15.8. The van der Waals surface area contributed by atoms with Crippen LogP contribution in [0.5, 0.6) is 0 Å². The van der Waals surface area contributed by atoms with Crippen LogP contribution in [0.15, 0.2) is 39.2 Å². The van der Waals surface area contributed by atoms with E-state index < -0.39 is 0 Å². The van der Waals surface area contributed by atoms with Crippen molar-refractivity contribution in [3.63, 3.8) is 0 Å². The number of para-hydroxylation sites is 1. The summed E-state index contributed by atoms with van der Waals surface area (Å²) in [6.45, 7) is 3.70. The van der Waals surface area contributed by atoms with Gasteiger partial charge in [-0.2, -0.15) is 5.48 Å². The molecule has 0 bridgehead atoms. The fraction of sp³-hybridized carbons (Fsp3) is 0.267. The van der Waals surface area contributed by atoms with Crippen LogP contribution < -0.4 is 5.48 Å². The summed E-state index contributed by atoms with van der Waals surface area (Å²) >= 11 is 2.98. The Hall–Kier alpha value is -2.06. The van der Waals surface area contributed by atoms with Crippen molar-refractivity contribution in [1.82, 2.24) is 10.1 Å². The molecular weight excluding hydrogens is 334 g/mol. The smallest absolute Gasteiger partial charge is 0.345 e. The molecule has 1 aromatic carbocycles. The number of thiazole rings is 1. The second-order valence-electron chi connectivity index (χ2n) is 4.81. The van der Waals surface area contributed by atoms with Crippen molar-refractivity contribution in [2.24, 2.45) is 0 Å². The first-order valence-corrected chi connectivity index (χ1v) is 8.77. The monoisotopic (exact) mass is 349 g/mol. The van der Waals surface area contributed by atoms with Crippen LogP contribution in [0.1, 0.15) is 19.1 Å². The van der Waals surface area contributed by atoms with E-state index in [2.05, 4.69) is 15.6 Å². The Kier molecular flexibility index (Phi) is 4.82. The molecule has 0 spiro atoms. The van der Waals surface area contributed by atoms with Gasteiger partial charge in [-0.25, -0.2) is 9.78 Å². The summed E-state index contributed by atoms with van der Waals surface area (Å²) < 4.78 is 6.86. The van der Waals surface area contributed by atoms with Crippen molar-refractivity contribution in [3.8, 4) is 0 Å². The van der Waals surface area contributed by atoms with E-state index >= 15 is 0 Å². The Bertz CT molecular complexity index is 782. The van der Waals surface area contributed by atoms with Crippen molar-refractivity contribution in [3.05, 3.63) is 36.1 Å². The lowest BCUT2D eigenvalue weighted by atomic mass is 10.3. The summed E-state index contributed by atoms with van der Waals surface area (Å²) in [6.07, 6.45) is 0.638. The van der Waals surface area contributed by atoms with Crippen LogP contribution in [0, 0.1) is 6.92 Å². The number of nitrogens with one attached hydrogen (secondary N) is 1. The molecule has 1 N–H and O–H groups in total. The molecule has 0 unspecified atom stereocenters. The van der Waals surface area contributed by atoms with E-state index in [1.807, 2.05) is 31.2 Å². The van der Waals surface area contributed by atoms with Gasteiger partial charge in [0.2, 0.25) is 5.82 Å². The van der Waals surface area contributed by atoms with E-state index in [9.17, 15) is 4.79 Å². The second-order valence-corrected chi connectivity index (χ2v) is 7.29. The first-order chi connectivity index (χ1) is 11.2. The molecule has 3 aromatic rings. The molecule has 0 saturated carbocycles. The van der Waals surface area contributed by atoms with Crippen molar-refractivity contribution >= 4 is 45.1 Å². The molecule has 23 heavy (non-hydrogen) atoms. The number of carbonyl (C=O) groups is 1. The number of carbonyl (C=O) groups excluding carboxylic acids is 1. The summed E-state index contributed by atoms with van der Waals surface area (Å²) in [6, 6.07) is 9.56. The SMILES string of the molecule is CC[C@H](Sc1nc2ccccc2s1)C(=O)ONc1cc(C)on1. The van der Waals surface area contributed by atoms with Gasteiger partial charge in [0.1, 0.15) is 11.0 Å². The average molecular weight is 349 g/mol. The summed E-state index contributed by atoms with van der Waals surface area (Å²) in [5.41, 5.74) is 3.45. The van der Waals surface area contributed by atoms with Crippen molar-refractivity contribution < 1.29 is 14.2 Å². The van der Waals surface area contributed by atoms with Crippen LogP contribution in [-0.4, -0.2) is 21.4 Å². The molecule has 8 heteroatoms. The molecule has 0 radical (unpaired) electrons. The standard InChI is InChI=1S/C15H15N3O3S2/c1-3-11(14(19)21-18-13-8-9(2)20-17-13)22-15-16-10-6-4-5-7-12(10)23-15/h4-8,11H,3H2,1-2H3,(H,17,18)/t11-/m0/s1. The maximum atomic E-state index is 12.2. The molecule has 0 amide bonds.